The summed E-state index contributed by atoms with van der Waals surface area (Å²) in [6.45, 7) is 13.6. The lowest BCUT2D eigenvalue weighted by molar-refractivity contribution is 0.418. The molecule has 0 amide bonds. The van der Waals surface area contributed by atoms with E-state index in [1.165, 1.54) is 22.3 Å². The van der Waals surface area contributed by atoms with Crippen molar-refractivity contribution in [2.24, 2.45) is 0 Å². The Balaban J connectivity index is 2.38. The van der Waals surface area contributed by atoms with Crippen molar-refractivity contribution in [1.82, 2.24) is 10.5 Å². The average molecular weight is 272 g/mol. The fourth-order valence-electron chi connectivity index (χ4n) is 2.49. The molecule has 108 valence electrons. The van der Waals surface area contributed by atoms with Gasteiger partial charge in [-0.15, -0.1) is 0 Å². The third kappa shape index (κ3) is 3.28. The van der Waals surface area contributed by atoms with Crippen LogP contribution in [0.4, 0.5) is 0 Å². The second-order valence-electron chi connectivity index (χ2n) is 6.56. The maximum atomic E-state index is 5.53. The van der Waals surface area contributed by atoms with Crippen LogP contribution in [0.1, 0.15) is 43.0 Å². The van der Waals surface area contributed by atoms with Crippen molar-refractivity contribution in [3.05, 3.63) is 40.6 Å². The number of hydrogen-bond donors (Lipinski definition) is 1. The van der Waals surface area contributed by atoms with E-state index in [0.717, 1.165) is 17.9 Å². The number of nitrogens with zero attached hydrogens (tertiary/aromatic N) is 1. The van der Waals surface area contributed by atoms with Gasteiger partial charge >= 0.3 is 0 Å². The second kappa shape index (κ2) is 5.41. The number of rotatable bonds is 3. The van der Waals surface area contributed by atoms with Gasteiger partial charge in [0.2, 0.25) is 0 Å². The van der Waals surface area contributed by atoms with E-state index in [-0.39, 0.29) is 5.54 Å². The molecule has 1 aromatic carbocycles. The Morgan fingerprint density at radius 1 is 1.10 bits per heavy atom. The zero-order valence-electron chi connectivity index (χ0n) is 13.3. The molecule has 0 atom stereocenters. The Morgan fingerprint density at radius 2 is 1.70 bits per heavy atom. The number of nitrogens with one attached hydrogen (secondary N) is 1. The van der Waals surface area contributed by atoms with Crippen molar-refractivity contribution in [3.8, 4) is 11.3 Å². The molecule has 0 radical (unpaired) electrons. The summed E-state index contributed by atoms with van der Waals surface area (Å²) in [5.41, 5.74) is 6.09. The molecule has 2 rings (SSSR count). The lowest BCUT2D eigenvalue weighted by Crippen LogP contribution is -2.35. The van der Waals surface area contributed by atoms with Gasteiger partial charge in [-0.05, 0) is 52.7 Å². The molecule has 0 aliphatic heterocycles. The summed E-state index contributed by atoms with van der Waals surface area (Å²) < 4.78 is 5.53. The number of aryl methyl sites for hydroxylation is 3. The van der Waals surface area contributed by atoms with Crippen LogP contribution in [0.2, 0.25) is 0 Å². The van der Waals surface area contributed by atoms with Crippen LogP contribution in [0.15, 0.2) is 22.9 Å². The zero-order valence-corrected chi connectivity index (χ0v) is 13.3. The molecule has 3 heteroatoms. The highest BCUT2D eigenvalue weighted by Gasteiger charge is 2.17. The van der Waals surface area contributed by atoms with Crippen LogP contribution in [0, 0.1) is 20.8 Å². The van der Waals surface area contributed by atoms with E-state index in [9.17, 15) is 0 Å². The molecule has 0 aliphatic rings. The average Bonchev–Trinajstić information content (AvgIpc) is 2.72. The van der Waals surface area contributed by atoms with Gasteiger partial charge in [0.05, 0.1) is 6.20 Å². The van der Waals surface area contributed by atoms with Crippen LogP contribution >= 0.6 is 0 Å². The first kappa shape index (κ1) is 14.8. The SMILES string of the molecule is Cc1cc(C)c(-c2oncc2CNC(C)(C)C)c(C)c1. The maximum Gasteiger partial charge on any atom is 0.171 e. The summed E-state index contributed by atoms with van der Waals surface area (Å²) in [5, 5.41) is 7.47. The van der Waals surface area contributed by atoms with Gasteiger partial charge in [-0.25, -0.2) is 0 Å². The lowest BCUT2D eigenvalue weighted by atomic mass is 9.96. The van der Waals surface area contributed by atoms with Crippen molar-refractivity contribution in [3.63, 3.8) is 0 Å². The monoisotopic (exact) mass is 272 g/mol. The normalized spacial score (nSPS) is 11.9. The molecule has 0 bridgehead atoms. The summed E-state index contributed by atoms with van der Waals surface area (Å²) in [7, 11) is 0. The van der Waals surface area contributed by atoms with Crippen molar-refractivity contribution in [2.45, 2.75) is 53.6 Å². The predicted octanol–water partition coefficient (Wildman–Crippen LogP) is 4.15. The number of benzene rings is 1. The van der Waals surface area contributed by atoms with Crippen LogP contribution in [0.5, 0.6) is 0 Å². The molecular weight excluding hydrogens is 248 g/mol. The molecule has 2 aromatic rings. The summed E-state index contributed by atoms with van der Waals surface area (Å²) in [5.74, 6) is 0.886. The topological polar surface area (TPSA) is 38.1 Å². The van der Waals surface area contributed by atoms with Crippen molar-refractivity contribution in [1.29, 1.82) is 0 Å². The van der Waals surface area contributed by atoms with E-state index in [2.05, 4.69) is 64.1 Å². The van der Waals surface area contributed by atoms with E-state index < -0.39 is 0 Å². The number of aromatic nitrogens is 1. The van der Waals surface area contributed by atoms with E-state index in [0.29, 0.717) is 0 Å². The van der Waals surface area contributed by atoms with Gasteiger partial charge in [0, 0.05) is 23.2 Å². The third-order valence-electron chi connectivity index (χ3n) is 3.36. The van der Waals surface area contributed by atoms with Gasteiger partial charge in [0.25, 0.3) is 0 Å². The minimum absolute atomic E-state index is 0.0753. The Morgan fingerprint density at radius 3 is 2.25 bits per heavy atom. The standard InChI is InChI=1S/C17H24N2O/c1-11-7-12(2)15(13(3)8-11)16-14(10-19-20-16)9-18-17(4,5)6/h7-8,10,18H,9H2,1-6H3. The fourth-order valence-corrected chi connectivity index (χ4v) is 2.49. The highest BCUT2D eigenvalue weighted by atomic mass is 16.5. The van der Waals surface area contributed by atoms with Gasteiger partial charge in [0.15, 0.2) is 5.76 Å². The van der Waals surface area contributed by atoms with Crippen molar-refractivity contribution < 1.29 is 4.52 Å². The molecule has 20 heavy (non-hydrogen) atoms. The minimum Gasteiger partial charge on any atom is -0.356 e. The quantitative estimate of drug-likeness (QED) is 0.912. The molecule has 3 nitrogen and oxygen atoms in total. The molecule has 0 aliphatic carbocycles. The van der Waals surface area contributed by atoms with Gasteiger partial charge in [0.1, 0.15) is 0 Å². The molecule has 0 saturated heterocycles. The summed E-state index contributed by atoms with van der Waals surface area (Å²) in [4.78, 5) is 0. The van der Waals surface area contributed by atoms with E-state index in [1.54, 1.807) is 0 Å². The van der Waals surface area contributed by atoms with Crippen LogP contribution < -0.4 is 5.32 Å². The summed E-state index contributed by atoms with van der Waals surface area (Å²) in [6.07, 6.45) is 1.81. The molecule has 0 fully saturated rings. The Hall–Kier alpha value is -1.61. The Labute approximate surface area is 121 Å². The van der Waals surface area contributed by atoms with E-state index in [4.69, 9.17) is 4.52 Å². The Bertz CT molecular complexity index is 583. The fraction of sp³-hybridized carbons (Fsp3) is 0.471. The molecular formula is C17H24N2O. The van der Waals surface area contributed by atoms with Crippen LogP contribution in [-0.2, 0) is 6.54 Å². The Kier molecular flexibility index (Phi) is 4.00. The van der Waals surface area contributed by atoms with Crippen molar-refractivity contribution in [2.75, 3.05) is 0 Å². The van der Waals surface area contributed by atoms with Gasteiger partial charge in [-0.2, -0.15) is 0 Å². The van der Waals surface area contributed by atoms with E-state index in [1.807, 2.05) is 6.20 Å². The molecule has 0 spiro atoms. The third-order valence-corrected chi connectivity index (χ3v) is 3.36. The lowest BCUT2D eigenvalue weighted by Gasteiger charge is -2.20. The molecule has 1 N–H and O–H groups in total. The molecule has 1 heterocycles. The molecule has 1 aromatic heterocycles. The summed E-state index contributed by atoms with van der Waals surface area (Å²) >= 11 is 0. The predicted molar refractivity (Wildman–Crippen MR) is 82.7 cm³/mol. The molecule has 0 unspecified atom stereocenters. The number of hydrogen-bond acceptors (Lipinski definition) is 3. The first-order chi connectivity index (χ1) is 9.28. The van der Waals surface area contributed by atoms with Crippen LogP contribution in [-0.4, -0.2) is 10.7 Å². The zero-order chi connectivity index (χ0) is 14.9. The largest absolute Gasteiger partial charge is 0.356 e. The first-order valence-electron chi connectivity index (χ1n) is 7.05. The first-order valence-corrected chi connectivity index (χ1v) is 7.05. The molecule has 0 saturated carbocycles. The highest BCUT2D eigenvalue weighted by Crippen LogP contribution is 2.31. The highest BCUT2D eigenvalue weighted by molar-refractivity contribution is 5.69. The smallest absolute Gasteiger partial charge is 0.171 e. The summed E-state index contributed by atoms with van der Waals surface area (Å²) in [6, 6.07) is 4.37. The maximum absolute atomic E-state index is 5.53. The minimum atomic E-state index is 0.0753. The van der Waals surface area contributed by atoms with Crippen molar-refractivity contribution >= 4 is 0 Å². The van der Waals surface area contributed by atoms with Crippen LogP contribution in [0.25, 0.3) is 11.3 Å². The van der Waals surface area contributed by atoms with Crippen LogP contribution in [0.3, 0.4) is 0 Å². The van der Waals surface area contributed by atoms with E-state index >= 15 is 0 Å². The van der Waals surface area contributed by atoms with Gasteiger partial charge < -0.3 is 9.84 Å². The van der Waals surface area contributed by atoms with Gasteiger partial charge in [-0.3, -0.25) is 0 Å². The van der Waals surface area contributed by atoms with Gasteiger partial charge in [-0.1, -0.05) is 22.9 Å². The second-order valence-corrected chi connectivity index (χ2v) is 6.56.